The number of nitrogens with zero attached hydrogens (tertiary/aromatic N) is 2. The molecule has 5 rings (SSSR count). The Labute approximate surface area is 213 Å². The number of phenolic OH excluding ortho intramolecular Hbond substituents is 1. The Bertz CT molecular complexity index is 1130. The number of carbonyl (C=O) groups excluding carboxylic acids is 1. The molecule has 0 bridgehead atoms. The molecule has 182 valence electrons. The fourth-order valence-corrected chi connectivity index (χ4v) is 8.13. The summed E-state index contributed by atoms with van der Waals surface area (Å²) < 4.78 is 0.777. The maximum absolute atomic E-state index is 12.7. The number of aromatic nitrogens is 1. The third kappa shape index (κ3) is 4.17. The Morgan fingerprint density at radius 2 is 2.24 bits per heavy atom. The van der Waals surface area contributed by atoms with Gasteiger partial charge in [-0.15, -0.1) is 11.3 Å². The number of oxime groups is 1. The van der Waals surface area contributed by atoms with Gasteiger partial charge in [0, 0.05) is 22.9 Å². The number of hydrogen-bond donors (Lipinski definition) is 2. The van der Waals surface area contributed by atoms with Gasteiger partial charge in [0.05, 0.1) is 10.2 Å². The molecule has 1 amide bonds. The van der Waals surface area contributed by atoms with Gasteiger partial charge in [-0.25, -0.2) is 4.98 Å². The molecule has 5 atom stereocenters. The molecule has 8 heteroatoms. The second-order valence-corrected chi connectivity index (χ2v) is 12.4. The second-order valence-electron chi connectivity index (χ2n) is 10.3. The van der Waals surface area contributed by atoms with Crippen molar-refractivity contribution in [3.8, 4) is 5.75 Å². The van der Waals surface area contributed by atoms with Crippen LogP contribution in [0.15, 0.2) is 28.0 Å². The Morgan fingerprint density at radius 1 is 1.41 bits per heavy atom. The molecule has 3 unspecified atom stereocenters. The van der Waals surface area contributed by atoms with Gasteiger partial charge in [0.1, 0.15) is 12.9 Å². The highest BCUT2D eigenvalue weighted by Crippen LogP contribution is 2.62. The number of amides is 1. The Balaban J connectivity index is 1.39. The van der Waals surface area contributed by atoms with Gasteiger partial charge in [-0.1, -0.05) is 12.1 Å². The maximum Gasteiger partial charge on any atom is 0.226 e. The SMILES string of the molecule is CO/N=C1\C[C@@H](CCC(=O)Nc2ncc(C)s2)C2C3CCc4cc(O)c(Br)cc4C3CC[C@]12C. The Hall–Kier alpha value is -1.93. The summed E-state index contributed by atoms with van der Waals surface area (Å²) in [4.78, 5) is 23.4. The number of anilines is 1. The van der Waals surface area contributed by atoms with E-state index in [0.717, 1.165) is 53.6 Å². The molecule has 0 radical (unpaired) electrons. The summed E-state index contributed by atoms with van der Waals surface area (Å²) in [6.45, 7) is 4.36. The number of nitrogens with one attached hydrogen (secondary N) is 1. The predicted molar refractivity (Wildman–Crippen MR) is 138 cm³/mol. The van der Waals surface area contributed by atoms with Crippen molar-refractivity contribution in [3.05, 3.63) is 38.8 Å². The van der Waals surface area contributed by atoms with Crippen LogP contribution in [0.1, 0.15) is 67.4 Å². The highest BCUT2D eigenvalue weighted by atomic mass is 79.9. The van der Waals surface area contributed by atoms with Gasteiger partial charge in [0.2, 0.25) is 5.91 Å². The van der Waals surface area contributed by atoms with Gasteiger partial charge in [-0.3, -0.25) is 4.79 Å². The quantitative estimate of drug-likeness (QED) is 0.424. The maximum atomic E-state index is 12.7. The molecular weight excluding hydrogens is 514 g/mol. The zero-order valence-corrected chi connectivity index (χ0v) is 22.3. The topological polar surface area (TPSA) is 83.8 Å². The molecule has 2 fully saturated rings. The van der Waals surface area contributed by atoms with E-state index in [1.54, 1.807) is 13.3 Å². The van der Waals surface area contributed by atoms with Gasteiger partial charge < -0.3 is 15.3 Å². The minimum Gasteiger partial charge on any atom is -0.507 e. The third-order valence-electron chi connectivity index (χ3n) is 8.48. The first-order chi connectivity index (χ1) is 16.3. The van der Waals surface area contributed by atoms with E-state index in [-0.39, 0.29) is 11.3 Å². The number of halogens is 1. The summed E-state index contributed by atoms with van der Waals surface area (Å²) in [6.07, 6.45) is 8.29. The fraction of sp³-hybridized carbons (Fsp3) is 0.577. The van der Waals surface area contributed by atoms with Gasteiger partial charge in [0.15, 0.2) is 5.13 Å². The highest BCUT2D eigenvalue weighted by Gasteiger charge is 2.57. The van der Waals surface area contributed by atoms with E-state index in [0.29, 0.717) is 41.0 Å². The van der Waals surface area contributed by atoms with Crippen LogP contribution in [0.4, 0.5) is 5.13 Å². The number of hydrogen-bond acceptors (Lipinski definition) is 6. The molecule has 1 heterocycles. The van der Waals surface area contributed by atoms with E-state index in [4.69, 9.17) is 4.84 Å². The summed E-state index contributed by atoms with van der Waals surface area (Å²) in [6, 6.07) is 4.08. The molecule has 0 saturated heterocycles. The van der Waals surface area contributed by atoms with Crippen molar-refractivity contribution in [2.45, 2.75) is 64.7 Å². The van der Waals surface area contributed by atoms with Crippen LogP contribution in [-0.4, -0.2) is 28.8 Å². The Morgan fingerprint density at radius 3 is 2.97 bits per heavy atom. The highest BCUT2D eigenvalue weighted by molar-refractivity contribution is 9.10. The first-order valence-electron chi connectivity index (χ1n) is 12.1. The molecule has 2 saturated carbocycles. The minimum absolute atomic E-state index is 0.0103. The lowest BCUT2D eigenvalue weighted by Gasteiger charge is -2.50. The van der Waals surface area contributed by atoms with Crippen molar-refractivity contribution < 1.29 is 14.7 Å². The number of phenols is 1. The van der Waals surface area contributed by atoms with E-state index in [2.05, 4.69) is 44.4 Å². The van der Waals surface area contributed by atoms with Crippen LogP contribution >= 0.6 is 27.3 Å². The zero-order valence-electron chi connectivity index (χ0n) is 19.9. The summed E-state index contributed by atoms with van der Waals surface area (Å²) in [5, 5.41) is 18.4. The van der Waals surface area contributed by atoms with Crippen molar-refractivity contribution in [2.24, 2.45) is 28.3 Å². The van der Waals surface area contributed by atoms with Crippen molar-refractivity contribution in [3.63, 3.8) is 0 Å². The number of aryl methyl sites for hydroxylation is 2. The van der Waals surface area contributed by atoms with Crippen molar-refractivity contribution in [1.82, 2.24) is 4.98 Å². The molecule has 2 aromatic rings. The van der Waals surface area contributed by atoms with Crippen LogP contribution in [0.25, 0.3) is 0 Å². The number of carbonyl (C=O) groups is 1. The third-order valence-corrected chi connectivity index (χ3v) is 9.94. The van der Waals surface area contributed by atoms with Crippen LogP contribution in [0, 0.1) is 30.1 Å². The summed E-state index contributed by atoms with van der Waals surface area (Å²) in [7, 11) is 1.63. The largest absolute Gasteiger partial charge is 0.507 e. The lowest BCUT2D eigenvalue weighted by Crippen LogP contribution is -2.44. The number of rotatable bonds is 5. The standard InChI is InChI=1S/C26H32BrN3O3S/c1-14-13-28-25(34-14)29-23(32)7-5-16-11-22(30-33-3)26(2)9-8-17-18(24(16)26)6-4-15-10-21(31)20(27)12-19(15)17/h10,12-13,16-18,24,31H,4-9,11H2,1-3H3,(H,28,29,32)/b30-22+/t16-,17?,18?,24?,26-/m1/s1. The predicted octanol–water partition coefficient (Wildman–Crippen LogP) is 6.42. The monoisotopic (exact) mass is 545 g/mol. The number of benzene rings is 1. The average Bonchev–Trinajstić information content (AvgIpc) is 3.33. The van der Waals surface area contributed by atoms with E-state index < -0.39 is 0 Å². The summed E-state index contributed by atoms with van der Waals surface area (Å²) >= 11 is 5.04. The van der Waals surface area contributed by atoms with Gasteiger partial charge >= 0.3 is 0 Å². The molecule has 6 nitrogen and oxygen atoms in total. The molecule has 0 aliphatic heterocycles. The normalized spacial score (nSPS) is 31.0. The number of aromatic hydroxyl groups is 1. The van der Waals surface area contributed by atoms with Crippen LogP contribution < -0.4 is 5.32 Å². The molecule has 1 aromatic carbocycles. The molecule has 3 aliphatic rings. The van der Waals surface area contributed by atoms with Crippen molar-refractivity contribution in [2.75, 3.05) is 12.4 Å². The van der Waals surface area contributed by atoms with E-state index in [1.807, 2.05) is 13.0 Å². The van der Waals surface area contributed by atoms with E-state index in [1.165, 1.54) is 22.5 Å². The van der Waals surface area contributed by atoms with Crippen LogP contribution in [0.5, 0.6) is 5.75 Å². The molecular formula is C26H32BrN3O3S. The number of thiazole rings is 1. The zero-order chi connectivity index (χ0) is 24.0. The first-order valence-corrected chi connectivity index (χ1v) is 13.7. The van der Waals surface area contributed by atoms with Gasteiger partial charge in [0.25, 0.3) is 0 Å². The molecule has 3 aliphatic carbocycles. The average molecular weight is 547 g/mol. The first kappa shape index (κ1) is 23.8. The fourth-order valence-electron chi connectivity index (χ4n) is 7.09. The van der Waals surface area contributed by atoms with Gasteiger partial charge in [-0.05, 0) is 108 Å². The van der Waals surface area contributed by atoms with E-state index in [9.17, 15) is 9.90 Å². The van der Waals surface area contributed by atoms with Crippen molar-refractivity contribution >= 4 is 44.0 Å². The lowest BCUT2D eigenvalue weighted by atomic mass is 9.54. The smallest absolute Gasteiger partial charge is 0.226 e. The van der Waals surface area contributed by atoms with Crippen LogP contribution in [0.2, 0.25) is 0 Å². The minimum atomic E-state index is 0.0103. The van der Waals surface area contributed by atoms with Gasteiger partial charge in [-0.2, -0.15) is 0 Å². The molecule has 0 spiro atoms. The second kappa shape index (κ2) is 9.26. The van der Waals surface area contributed by atoms with E-state index >= 15 is 0 Å². The summed E-state index contributed by atoms with van der Waals surface area (Å²) in [5.74, 6) is 2.26. The lowest BCUT2D eigenvalue weighted by molar-refractivity contribution is -0.116. The molecule has 34 heavy (non-hydrogen) atoms. The molecule has 1 aromatic heterocycles. The van der Waals surface area contributed by atoms with Crippen LogP contribution in [-0.2, 0) is 16.1 Å². The molecule has 2 N–H and O–H groups in total. The van der Waals surface area contributed by atoms with Crippen LogP contribution in [0.3, 0.4) is 0 Å². The van der Waals surface area contributed by atoms with Crippen molar-refractivity contribution in [1.29, 1.82) is 0 Å². The summed E-state index contributed by atoms with van der Waals surface area (Å²) in [5.41, 5.74) is 3.84. The number of fused-ring (bicyclic) bond motifs is 5. The Kier molecular flexibility index (Phi) is 6.48.